The molecule has 190 valence electrons. The van der Waals surface area contributed by atoms with Crippen molar-refractivity contribution in [3.05, 3.63) is 24.3 Å². The summed E-state index contributed by atoms with van der Waals surface area (Å²) in [5, 5.41) is 0. The molecule has 0 bridgehead atoms. The van der Waals surface area contributed by atoms with Crippen LogP contribution in [0.3, 0.4) is 0 Å². The molecule has 7 nitrogen and oxygen atoms in total. The molecule has 2 saturated carbocycles. The standard InChI is InChI=1S/C23H32F3N3O4S/c24-23(25,26)33-20-9-11-21(12-10-20)34(31,32)27-18-7-5-17(6-8-18)22(30)29-15-13-28(14-16-29)19-3-1-2-4-19/h9-12,17-19,27H,1-8,13-16H2/t17-,18-. The number of nitrogens with zero attached hydrogens (tertiary/aromatic N) is 2. The van der Waals surface area contributed by atoms with Crippen molar-refractivity contribution in [1.29, 1.82) is 0 Å². The molecular weight excluding hydrogens is 471 g/mol. The smallest absolute Gasteiger partial charge is 0.406 e. The van der Waals surface area contributed by atoms with Crippen LogP contribution >= 0.6 is 0 Å². The molecule has 1 saturated heterocycles. The molecule has 0 atom stereocenters. The number of amides is 1. The quantitative estimate of drug-likeness (QED) is 0.643. The molecule has 1 heterocycles. The highest BCUT2D eigenvalue weighted by molar-refractivity contribution is 7.89. The van der Waals surface area contributed by atoms with Crippen LogP contribution in [-0.2, 0) is 14.8 Å². The van der Waals surface area contributed by atoms with Crippen LogP contribution in [0.2, 0.25) is 0 Å². The van der Waals surface area contributed by atoms with Crippen LogP contribution in [0, 0.1) is 5.92 Å². The Morgan fingerprint density at radius 3 is 2.06 bits per heavy atom. The summed E-state index contributed by atoms with van der Waals surface area (Å²) in [6, 6.07) is 4.50. The minimum atomic E-state index is -4.84. The van der Waals surface area contributed by atoms with Gasteiger partial charge in [-0.1, -0.05) is 12.8 Å². The van der Waals surface area contributed by atoms with E-state index in [-0.39, 0.29) is 22.8 Å². The van der Waals surface area contributed by atoms with E-state index in [1.165, 1.54) is 25.7 Å². The Morgan fingerprint density at radius 2 is 1.50 bits per heavy atom. The van der Waals surface area contributed by atoms with E-state index in [2.05, 4.69) is 14.4 Å². The maximum Gasteiger partial charge on any atom is 0.573 e. The number of benzene rings is 1. The number of piperazine rings is 1. The summed E-state index contributed by atoms with van der Waals surface area (Å²) < 4.78 is 68.6. The largest absolute Gasteiger partial charge is 0.573 e. The summed E-state index contributed by atoms with van der Waals surface area (Å²) in [5.41, 5.74) is 0. The molecule has 2 aliphatic carbocycles. The number of rotatable bonds is 6. The number of carbonyl (C=O) groups excluding carboxylic acids is 1. The van der Waals surface area contributed by atoms with Crippen molar-refractivity contribution in [1.82, 2.24) is 14.5 Å². The third kappa shape index (κ3) is 6.42. The van der Waals surface area contributed by atoms with Gasteiger partial charge in [-0.25, -0.2) is 13.1 Å². The Kier molecular flexibility index (Phi) is 7.73. The second-order valence-corrected chi connectivity index (χ2v) is 11.2. The van der Waals surface area contributed by atoms with E-state index in [9.17, 15) is 26.4 Å². The van der Waals surface area contributed by atoms with Gasteiger partial charge < -0.3 is 9.64 Å². The van der Waals surface area contributed by atoms with E-state index in [0.717, 1.165) is 50.4 Å². The first kappa shape index (κ1) is 25.2. The molecule has 0 aromatic heterocycles. The minimum absolute atomic E-state index is 0.0856. The summed E-state index contributed by atoms with van der Waals surface area (Å²) in [4.78, 5) is 17.4. The maximum absolute atomic E-state index is 13.0. The number of carbonyl (C=O) groups is 1. The summed E-state index contributed by atoms with van der Waals surface area (Å²) in [6.07, 6.45) is 2.63. The van der Waals surface area contributed by atoms with Gasteiger partial charge in [0, 0.05) is 44.2 Å². The molecule has 0 radical (unpaired) electrons. The highest BCUT2D eigenvalue weighted by Gasteiger charge is 2.34. The number of hydrogen-bond donors (Lipinski definition) is 1. The normalized spacial score (nSPS) is 25.4. The van der Waals surface area contributed by atoms with Gasteiger partial charge in [0.05, 0.1) is 4.90 Å². The average Bonchev–Trinajstić information content (AvgIpc) is 3.33. The fourth-order valence-electron chi connectivity index (χ4n) is 5.40. The summed E-state index contributed by atoms with van der Waals surface area (Å²) in [5.74, 6) is -0.389. The van der Waals surface area contributed by atoms with Crippen LogP contribution in [0.1, 0.15) is 51.4 Å². The monoisotopic (exact) mass is 503 g/mol. The number of alkyl halides is 3. The van der Waals surface area contributed by atoms with Crippen LogP contribution in [0.15, 0.2) is 29.2 Å². The predicted molar refractivity (Wildman–Crippen MR) is 120 cm³/mol. The molecule has 11 heteroatoms. The first-order valence-corrected chi connectivity index (χ1v) is 13.5. The molecule has 4 rings (SSSR count). The molecule has 1 N–H and O–H groups in total. The average molecular weight is 504 g/mol. The van der Waals surface area contributed by atoms with E-state index in [1.807, 2.05) is 4.90 Å². The zero-order valence-electron chi connectivity index (χ0n) is 19.1. The minimum Gasteiger partial charge on any atom is -0.406 e. The van der Waals surface area contributed by atoms with Crippen LogP contribution in [-0.4, -0.2) is 68.7 Å². The van der Waals surface area contributed by atoms with Crippen molar-refractivity contribution >= 4 is 15.9 Å². The van der Waals surface area contributed by atoms with Crippen molar-refractivity contribution in [3.63, 3.8) is 0 Å². The van der Waals surface area contributed by atoms with E-state index in [4.69, 9.17) is 0 Å². The van der Waals surface area contributed by atoms with Crippen LogP contribution in [0.25, 0.3) is 0 Å². The number of sulfonamides is 1. The molecule has 1 aromatic carbocycles. The third-order valence-corrected chi connectivity index (χ3v) is 8.77. The maximum atomic E-state index is 13.0. The van der Waals surface area contributed by atoms with E-state index >= 15 is 0 Å². The van der Waals surface area contributed by atoms with E-state index in [0.29, 0.717) is 31.7 Å². The summed E-state index contributed by atoms with van der Waals surface area (Å²) >= 11 is 0. The number of nitrogens with one attached hydrogen (secondary N) is 1. The molecule has 1 aromatic rings. The van der Waals surface area contributed by atoms with Crippen LogP contribution < -0.4 is 9.46 Å². The van der Waals surface area contributed by atoms with Gasteiger partial charge in [-0.15, -0.1) is 13.2 Å². The van der Waals surface area contributed by atoms with Crippen molar-refractivity contribution in [2.45, 2.75) is 74.7 Å². The number of halogens is 3. The first-order chi connectivity index (χ1) is 16.1. The van der Waals surface area contributed by atoms with Gasteiger partial charge >= 0.3 is 6.36 Å². The van der Waals surface area contributed by atoms with Crippen molar-refractivity contribution in [2.75, 3.05) is 26.2 Å². The van der Waals surface area contributed by atoms with Crippen molar-refractivity contribution < 1.29 is 31.1 Å². The molecule has 34 heavy (non-hydrogen) atoms. The first-order valence-electron chi connectivity index (χ1n) is 12.0. The summed E-state index contributed by atoms with van der Waals surface area (Å²) in [7, 11) is -3.88. The highest BCUT2D eigenvalue weighted by atomic mass is 32.2. The van der Waals surface area contributed by atoms with Gasteiger partial charge in [0.1, 0.15) is 5.75 Å². The van der Waals surface area contributed by atoms with Crippen molar-refractivity contribution in [2.24, 2.45) is 5.92 Å². The lowest BCUT2D eigenvalue weighted by atomic mass is 9.85. The second kappa shape index (κ2) is 10.4. The number of ether oxygens (including phenoxy) is 1. The van der Waals surface area contributed by atoms with Gasteiger partial charge in [-0.05, 0) is 62.8 Å². The fourth-order valence-corrected chi connectivity index (χ4v) is 6.71. The van der Waals surface area contributed by atoms with Gasteiger partial charge in [-0.2, -0.15) is 0 Å². The van der Waals surface area contributed by atoms with Crippen LogP contribution in [0.5, 0.6) is 5.75 Å². The van der Waals surface area contributed by atoms with E-state index in [1.54, 1.807) is 0 Å². The zero-order chi connectivity index (χ0) is 24.3. The highest BCUT2D eigenvalue weighted by Crippen LogP contribution is 2.29. The number of hydrogen-bond acceptors (Lipinski definition) is 5. The molecule has 0 unspecified atom stereocenters. The molecule has 1 amide bonds. The third-order valence-electron chi connectivity index (χ3n) is 7.23. The Balaban J connectivity index is 1.24. The van der Waals surface area contributed by atoms with E-state index < -0.39 is 22.1 Å². The van der Waals surface area contributed by atoms with Gasteiger partial charge in [0.15, 0.2) is 0 Å². The Hall–Kier alpha value is -1.85. The predicted octanol–water partition coefficient (Wildman–Crippen LogP) is 3.51. The lowest BCUT2D eigenvalue weighted by Gasteiger charge is -2.40. The Labute approximate surface area is 198 Å². The SMILES string of the molecule is O=C([C@H]1CC[C@H](NS(=O)(=O)c2ccc(OC(F)(F)F)cc2)CC1)N1CCN(C2CCCC2)CC1. The van der Waals surface area contributed by atoms with Gasteiger partial charge in [0.2, 0.25) is 15.9 Å². The fraction of sp³-hybridized carbons (Fsp3) is 0.696. The molecule has 3 fully saturated rings. The molecule has 0 spiro atoms. The molecular formula is C23H32F3N3O4S. The topological polar surface area (TPSA) is 78.9 Å². The zero-order valence-corrected chi connectivity index (χ0v) is 19.9. The van der Waals surface area contributed by atoms with Crippen molar-refractivity contribution in [3.8, 4) is 5.75 Å². The lowest BCUT2D eigenvalue weighted by Crippen LogP contribution is -2.53. The van der Waals surface area contributed by atoms with Gasteiger partial charge in [0.25, 0.3) is 0 Å². The molecule has 3 aliphatic rings. The second-order valence-electron chi connectivity index (χ2n) is 9.49. The Bertz CT molecular complexity index is 933. The lowest BCUT2D eigenvalue weighted by molar-refractivity contribution is -0.274. The van der Waals surface area contributed by atoms with Gasteiger partial charge in [-0.3, -0.25) is 9.69 Å². The van der Waals surface area contributed by atoms with Crippen LogP contribution in [0.4, 0.5) is 13.2 Å². The molecule has 1 aliphatic heterocycles. The summed E-state index contributed by atoms with van der Waals surface area (Å²) in [6.45, 7) is 3.38. The Morgan fingerprint density at radius 1 is 0.912 bits per heavy atom.